The second kappa shape index (κ2) is 11.4. The minimum absolute atomic E-state index is 0.0153. The molecule has 3 heterocycles. The number of rotatable bonds is 11. The van der Waals surface area contributed by atoms with Crippen LogP contribution in [0, 0.1) is 5.92 Å². The molecule has 1 amide bonds. The van der Waals surface area contributed by atoms with E-state index >= 15 is 0 Å². The normalized spacial score (nSPS) is 24.0. The van der Waals surface area contributed by atoms with Gasteiger partial charge in [-0.15, -0.1) is 0 Å². The van der Waals surface area contributed by atoms with Crippen molar-refractivity contribution in [3.8, 4) is 0 Å². The summed E-state index contributed by atoms with van der Waals surface area (Å²) in [6.07, 6.45) is 7.23. The zero-order valence-electron chi connectivity index (χ0n) is 20.8. The van der Waals surface area contributed by atoms with Gasteiger partial charge in [-0.25, -0.2) is 18.2 Å². The second-order valence-corrected chi connectivity index (χ2v) is 12.6. The second-order valence-electron chi connectivity index (χ2n) is 10.2. The molecule has 1 aromatic heterocycles. The molecule has 1 unspecified atom stereocenters. The number of aromatic nitrogens is 1. The molecule has 0 radical (unpaired) electrons. The van der Waals surface area contributed by atoms with Crippen molar-refractivity contribution in [2.75, 3.05) is 37.9 Å². The van der Waals surface area contributed by atoms with E-state index in [1.165, 1.54) is 5.56 Å². The summed E-state index contributed by atoms with van der Waals surface area (Å²) in [6.45, 7) is 1.44. The molecule has 3 N–H and O–H groups in total. The van der Waals surface area contributed by atoms with E-state index in [0.29, 0.717) is 5.92 Å². The number of amides is 1. The molecule has 1 atom stereocenters. The van der Waals surface area contributed by atoms with Gasteiger partial charge in [0.1, 0.15) is 11.9 Å². The maximum atomic E-state index is 12.9. The Morgan fingerprint density at radius 1 is 1.31 bits per heavy atom. The summed E-state index contributed by atoms with van der Waals surface area (Å²) in [6, 6.07) is 3.08. The molecule has 3 aliphatic rings. The number of carboxylic acids is 1. The molecule has 1 aliphatic carbocycles. The van der Waals surface area contributed by atoms with Crippen molar-refractivity contribution < 1.29 is 32.6 Å². The first-order chi connectivity index (χ1) is 17.2. The number of pyridine rings is 1. The molecule has 2 fully saturated rings. The SMILES string of the molecule is CS(=O)(=O)C1(C(=O)NC(CCOC2CC(CCc3ccc4c(n3)NCCC4)C2)C(=O)O)CCOCC1. The van der Waals surface area contributed by atoms with Crippen LogP contribution in [-0.4, -0.2) is 79.9 Å². The van der Waals surface area contributed by atoms with Crippen LogP contribution < -0.4 is 10.6 Å². The molecule has 36 heavy (non-hydrogen) atoms. The first-order valence-electron chi connectivity index (χ1n) is 12.8. The number of fused-ring (bicyclic) bond motifs is 1. The summed E-state index contributed by atoms with van der Waals surface area (Å²) >= 11 is 0. The van der Waals surface area contributed by atoms with Crippen LogP contribution >= 0.6 is 0 Å². The highest BCUT2D eigenvalue weighted by atomic mass is 32.2. The van der Waals surface area contributed by atoms with Gasteiger partial charge in [-0.05, 0) is 68.9 Å². The molecule has 200 valence electrons. The predicted molar refractivity (Wildman–Crippen MR) is 134 cm³/mol. The lowest BCUT2D eigenvalue weighted by Gasteiger charge is -2.36. The standard InChI is InChI=1S/C25H37N3O7S/c1-36(32,33)25(9-13-34-14-10-25)24(31)28-21(23(29)30)8-12-35-20-15-17(16-20)4-6-19-7-5-18-3-2-11-26-22(18)27-19/h5,7,17,20-21H,2-4,6,8-16H2,1H3,(H,26,27)(H,28,31)(H,29,30). The van der Waals surface area contributed by atoms with E-state index < -0.39 is 32.5 Å². The molecule has 11 heteroatoms. The first-order valence-corrected chi connectivity index (χ1v) is 14.7. The van der Waals surface area contributed by atoms with E-state index in [1.54, 1.807) is 0 Å². The van der Waals surface area contributed by atoms with Crippen molar-refractivity contribution in [2.45, 2.75) is 74.7 Å². The summed E-state index contributed by atoms with van der Waals surface area (Å²) in [5, 5.41) is 15.4. The highest BCUT2D eigenvalue weighted by Gasteiger charge is 2.50. The maximum absolute atomic E-state index is 12.9. The highest BCUT2D eigenvalue weighted by Crippen LogP contribution is 2.34. The molecule has 0 bridgehead atoms. The predicted octanol–water partition coefficient (Wildman–Crippen LogP) is 1.72. The van der Waals surface area contributed by atoms with Crippen LogP contribution in [0.5, 0.6) is 0 Å². The Bertz CT molecular complexity index is 1050. The van der Waals surface area contributed by atoms with Crippen LogP contribution in [0.2, 0.25) is 0 Å². The first kappa shape index (κ1) is 26.8. The van der Waals surface area contributed by atoms with E-state index in [9.17, 15) is 23.1 Å². The fourth-order valence-electron chi connectivity index (χ4n) is 5.27. The van der Waals surface area contributed by atoms with Gasteiger partial charge in [0.15, 0.2) is 14.6 Å². The molecule has 1 saturated heterocycles. The molecule has 4 rings (SSSR count). The third-order valence-corrected chi connectivity index (χ3v) is 9.75. The van der Waals surface area contributed by atoms with Crippen molar-refractivity contribution in [3.63, 3.8) is 0 Å². The number of carbonyl (C=O) groups is 2. The number of sulfone groups is 1. The minimum Gasteiger partial charge on any atom is -0.480 e. The topological polar surface area (TPSA) is 144 Å². The maximum Gasteiger partial charge on any atom is 0.326 e. The lowest BCUT2D eigenvalue weighted by Crippen LogP contribution is -2.58. The monoisotopic (exact) mass is 523 g/mol. The highest BCUT2D eigenvalue weighted by molar-refractivity contribution is 7.92. The van der Waals surface area contributed by atoms with E-state index in [2.05, 4.69) is 22.8 Å². The Morgan fingerprint density at radius 2 is 2.06 bits per heavy atom. The number of aliphatic carboxylic acids is 1. The largest absolute Gasteiger partial charge is 0.480 e. The van der Waals surface area contributed by atoms with E-state index in [1.807, 2.05) is 0 Å². The van der Waals surface area contributed by atoms with E-state index in [0.717, 1.165) is 62.8 Å². The quantitative estimate of drug-likeness (QED) is 0.395. The van der Waals surface area contributed by atoms with Gasteiger partial charge in [-0.2, -0.15) is 0 Å². The van der Waals surface area contributed by atoms with Crippen LogP contribution in [0.4, 0.5) is 5.82 Å². The number of carboxylic acid groups (broad SMARTS) is 1. The Balaban J connectivity index is 1.18. The van der Waals surface area contributed by atoms with Crippen LogP contribution in [0.15, 0.2) is 12.1 Å². The van der Waals surface area contributed by atoms with Crippen LogP contribution in [-0.2, 0) is 41.7 Å². The van der Waals surface area contributed by atoms with Gasteiger partial charge in [-0.3, -0.25) is 4.79 Å². The summed E-state index contributed by atoms with van der Waals surface area (Å²) in [7, 11) is -3.75. The van der Waals surface area contributed by atoms with Crippen molar-refractivity contribution in [1.82, 2.24) is 10.3 Å². The fraction of sp³-hybridized carbons (Fsp3) is 0.720. The molecule has 2 aliphatic heterocycles. The van der Waals surface area contributed by atoms with Gasteiger partial charge in [0.2, 0.25) is 5.91 Å². The van der Waals surface area contributed by atoms with Crippen LogP contribution in [0.1, 0.15) is 56.2 Å². The Morgan fingerprint density at radius 3 is 2.75 bits per heavy atom. The molecular weight excluding hydrogens is 486 g/mol. The lowest BCUT2D eigenvalue weighted by atomic mass is 9.79. The Labute approximate surface area is 212 Å². The fourth-order valence-corrected chi connectivity index (χ4v) is 6.58. The van der Waals surface area contributed by atoms with Gasteiger partial charge in [0.05, 0.1) is 6.10 Å². The van der Waals surface area contributed by atoms with Gasteiger partial charge in [-0.1, -0.05) is 6.07 Å². The lowest BCUT2D eigenvalue weighted by molar-refractivity contribution is -0.143. The third kappa shape index (κ3) is 6.18. The number of nitrogens with zero attached hydrogens (tertiary/aromatic N) is 1. The van der Waals surface area contributed by atoms with Crippen LogP contribution in [0.25, 0.3) is 0 Å². The molecule has 0 spiro atoms. The molecular formula is C25H37N3O7S. The summed E-state index contributed by atoms with van der Waals surface area (Å²) in [5.41, 5.74) is 2.39. The Hall–Kier alpha value is -2.24. The van der Waals surface area contributed by atoms with Crippen molar-refractivity contribution in [3.05, 3.63) is 23.4 Å². The van der Waals surface area contributed by atoms with Gasteiger partial charge >= 0.3 is 5.97 Å². The summed E-state index contributed by atoms with van der Waals surface area (Å²) < 4.78 is 34.2. The third-order valence-electron chi connectivity index (χ3n) is 7.74. The van der Waals surface area contributed by atoms with E-state index in [-0.39, 0.29) is 45.2 Å². The molecule has 1 aromatic rings. The minimum atomic E-state index is -3.75. The Kier molecular flexibility index (Phi) is 8.52. The molecule has 10 nitrogen and oxygen atoms in total. The van der Waals surface area contributed by atoms with Crippen molar-refractivity contribution >= 4 is 27.5 Å². The van der Waals surface area contributed by atoms with Crippen molar-refractivity contribution in [2.24, 2.45) is 5.92 Å². The van der Waals surface area contributed by atoms with Crippen molar-refractivity contribution in [1.29, 1.82) is 0 Å². The van der Waals surface area contributed by atoms with Gasteiger partial charge in [0.25, 0.3) is 0 Å². The van der Waals surface area contributed by atoms with E-state index in [4.69, 9.17) is 14.5 Å². The number of aryl methyl sites for hydroxylation is 2. The number of anilines is 1. The average molecular weight is 524 g/mol. The van der Waals surface area contributed by atoms with Gasteiger partial charge < -0.3 is 25.2 Å². The number of hydrogen-bond acceptors (Lipinski definition) is 8. The smallest absolute Gasteiger partial charge is 0.326 e. The number of nitrogens with one attached hydrogen (secondary N) is 2. The number of hydrogen-bond donors (Lipinski definition) is 3. The van der Waals surface area contributed by atoms with Crippen LogP contribution in [0.3, 0.4) is 0 Å². The average Bonchev–Trinajstić information content (AvgIpc) is 2.83. The molecule has 0 aromatic carbocycles. The zero-order valence-corrected chi connectivity index (χ0v) is 21.6. The number of carbonyl (C=O) groups excluding carboxylic acids is 1. The number of ether oxygens (including phenoxy) is 2. The zero-order chi connectivity index (χ0) is 25.8. The summed E-state index contributed by atoms with van der Waals surface area (Å²) in [5.74, 6) is -0.400. The summed E-state index contributed by atoms with van der Waals surface area (Å²) in [4.78, 5) is 29.4. The molecule has 1 saturated carbocycles. The van der Waals surface area contributed by atoms with Gasteiger partial charge in [0, 0.05) is 44.7 Å².